The average Bonchev–Trinajstić information content (AvgIpc) is 3.49. The Kier molecular flexibility index (Phi) is 9.53. The molecule has 1 saturated heterocycles. The quantitative estimate of drug-likeness (QED) is 0.206. The zero-order valence-electron chi connectivity index (χ0n) is 32.7. The summed E-state index contributed by atoms with van der Waals surface area (Å²) in [5.74, 6) is 2.19. The SMILES string of the molecule is C=C(C)C1CCC2(C(=O)NCCCN3CCS(=O)(=O)CC3)CCC3(C)C(CCC4C5(C)CC=C(c6ccc(C(=O)O)cc6)C(C)(C)C5CCC43C)C12. The summed E-state index contributed by atoms with van der Waals surface area (Å²) < 4.78 is 23.7. The molecule has 1 heterocycles. The number of sulfone groups is 1. The molecule has 2 N–H and O–H groups in total. The molecule has 1 aliphatic heterocycles. The number of allylic oxidation sites excluding steroid dienone is 3. The Hall–Kier alpha value is -2.45. The van der Waals surface area contributed by atoms with Crippen molar-refractivity contribution in [1.82, 2.24) is 10.2 Å². The minimum atomic E-state index is -2.89. The zero-order chi connectivity index (χ0) is 37.5. The molecule has 8 heteroatoms. The number of hydrogen-bond acceptors (Lipinski definition) is 5. The van der Waals surface area contributed by atoms with E-state index >= 15 is 0 Å². The van der Waals surface area contributed by atoms with Crippen LogP contribution in [0.25, 0.3) is 5.57 Å². The zero-order valence-corrected chi connectivity index (χ0v) is 33.5. The molecule has 5 fully saturated rings. The molecule has 6 aliphatic rings. The van der Waals surface area contributed by atoms with Crippen LogP contribution >= 0.6 is 0 Å². The van der Waals surface area contributed by atoms with Crippen molar-refractivity contribution >= 4 is 27.3 Å². The highest BCUT2D eigenvalue weighted by Crippen LogP contribution is 2.77. The van der Waals surface area contributed by atoms with Gasteiger partial charge in [-0.05, 0) is 152 Å². The Bertz CT molecular complexity index is 1740. The molecule has 9 atom stereocenters. The molecule has 9 unspecified atom stereocenters. The molecular formula is C44H64N2O5S. The lowest BCUT2D eigenvalue weighted by Crippen LogP contribution is -2.66. The molecule has 1 aromatic carbocycles. The second-order valence-electron chi connectivity index (χ2n) is 19.4. The van der Waals surface area contributed by atoms with E-state index in [9.17, 15) is 23.1 Å². The fourth-order valence-corrected chi connectivity index (χ4v) is 15.4. The van der Waals surface area contributed by atoms with Crippen molar-refractivity contribution in [1.29, 1.82) is 0 Å². The van der Waals surface area contributed by atoms with Gasteiger partial charge in [0.1, 0.15) is 0 Å². The molecule has 0 bridgehead atoms. The fourth-order valence-electron chi connectivity index (χ4n) is 14.1. The molecule has 1 amide bonds. The number of nitrogens with one attached hydrogen (secondary N) is 1. The third-order valence-electron chi connectivity index (χ3n) is 16.9. The molecule has 286 valence electrons. The second-order valence-corrected chi connectivity index (χ2v) is 21.7. The smallest absolute Gasteiger partial charge is 0.335 e. The van der Waals surface area contributed by atoms with Gasteiger partial charge in [-0.3, -0.25) is 4.79 Å². The van der Waals surface area contributed by atoms with Crippen LogP contribution in [0.1, 0.15) is 122 Å². The summed E-state index contributed by atoms with van der Waals surface area (Å²) in [6.07, 6.45) is 13.2. The van der Waals surface area contributed by atoms with Crippen LogP contribution in [0.2, 0.25) is 0 Å². The highest BCUT2D eigenvalue weighted by molar-refractivity contribution is 7.91. The third-order valence-corrected chi connectivity index (χ3v) is 18.5. The molecule has 7 rings (SSSR count). The molecule has 0 radical (unpaired) electrons. The van der Waals surface area contributed by atoms with Crippen LogP contribution in [0.3, 0.4) is 0 Å². The van der Waals surface area contributed by atoms with Crippen molar-refractivity contribution in [3.8, 4) is 0 Å². The number of hydrogen-bond donors (Lipinski definition) is 2. The molecule has 0 spiro atoms. The number of aromatic carboxylic acids is 1. The number of carboxylic acids is 1. The number of carboxylic acid groups (broad SMARTS) is 1. The predicted octanol–water partition coefficient (Wildman–Crippen LogP) is 8.27. The predicted molar refractivity (Wildman–Crippen MR) is 208 cm³/mol. The van der Waals surface area contributed by atoms with E-state index in [2.05, 4.69) is 64.4 Å². The topological polar surface area (TPSA) is 104 Å². The van der Waals surface area contributed by atoms with Crippen molar-refractivity contribution in [2.45, 2.75) is 106 Å². The Morgan fingerprint density at radius 2 is 1.60 bits per heavy atom. The normalized spacial score (nSPS) is 40.7. The first-order valence-electron chi connectivity index (χ1n) is 20.3. The lowest BCUT2D eigenvalue weighted by atomic mass is 9.32. The van der Waals surface area contributed by atoms with Crippen molar-refractivity contribution < 1.29 is 23.1 Å². The molecule has 0 aromatic heterocycles. The Balaban J connectivity index is 1.11. The van der Waals surface area contributed by atoms with Crippen LogP contribution in [0, 0.1) is 56.7 Å². The number of carbonyl (C=O) groups is 2. The van der Waals surface area contributed by atoms with Gasteiger partial charge in [-0.2, -0.15) is 0 Å². The summed E-state index contributed by atoms with van der Waals surface area (Å²) in [6.45, 7) is 22.1. The number of nitrogens with zero attached hydrogens (tertiary/aromatic N) is 1. The largest absolute Gasteiger partial charge is 0.478 e. The highest BCUT2D eigenvalue weighted by Gasteiger charge is 2.71. The van der Waals surface area contributed by atoms with E-state index in [1.807, 2.05) is 12.1 Å². The number of rotatable bonds is 8. The van der Waals surface area contributed by atoms with Crippen LogP contribution in [-0.2, 0) is 14.6 Å². The van der Waals surface area contributed by atoms with Crippen LogP contribution in [0.15, 0.2) is 42.5 Å². The standard InChI is InChI=1S/C44H64N2O5S/c1-29(2)32-15-20-44(39(49)45-23-8-24-46-25-27-52(50,51)28-26-46)22-21-42(6)34(37(32)44)13-14-36-41(5)18-16-33(30-9-11-31(12-10-30)38(47)48)40(3,4)35(41)17-19-43(36,42)7/h9-12,16,32,34-37H,1,8,13-15,17-28H2,2-7H3,(H,45,49)(H,47,48). The Labute approximate surface area is 313 Å². The van der Waals surface area contributed by atoms with Gasteiger partial charge >= 0.3 is 5.97 Å². The second kappa shape index (κ2) is 13.1. The summed E-state index contributed by atoms with van der Waals surface area (Å²) >= 11 is 0. The fraction of sp³-hybridized carbons (Fsp3) is 0.727. The van der Waals surface area contributed by atoms with Crippen LogP contribution < -0.4 is 5.32 Å². The van der Waals surface area contributed by atoms with E-state index in [-0.39, 0.29) is 44.5 Å². The van der Waals surface area contributed by atoms with Crippen LogP contribution in [-0.4, -0.2) is 68.0 Å². The molecular weight excluding hydrogens is 669 g/mol. The average molecular weight is 733 g/mol. The van der Waals surface area contributed by atoms with E-state index in [4.69, 9.17) is 0 Å². The minimum Gasteiger partial charge on any atom is -0.478 e. The van der Waals surface area contributed by atoms with Gasteiger partial charge in [0.05, 0.1) is 22.5 Å². The summed E-state index contributed by atoms with van der Waals surface area (Å²) in [5.41, 5.74) is 4.22. The summed E-state index contributed by atoms with van der Waals surface area (Å²) in [5, 5.41) is 12.9. The van der Waals surface area contributed by atoms with Crippen LogP contribution in [0.5, 0.6) is 0 Å². The minimum absolute atomic E-state index is 0.0289. The number of benzene rings is 1. The summed E-state index contributed by atoms with van der Waals surface area (Å²) in [7, 11) is -2.89. The lowest BCUT2D eigenvalue weighted by molar-refractivity contribution is -0.225. The van der Waals surface area contributed by atoms with E-state index in [1.54, 1.807) is 12.1 Å². The number of fused-ring (bicyclic) bond motifs is 7. The number of carbonyl (C=O) groups excluding carboxylic acids is 1. The van der Waals surface area contributed by atoms with E-state index in [0.717, 1.165) is 50.6 Å². The van der Waals surface area contributed by atoms with Crippen molar-refractivity contribution in [3.63, 3.8) is 0 Å². The lowest BCUT2D eigenvalue weighted by Gasteiger charge is -2.72. The van der Waals surface area contributed by atoms with Gasteiger partial charge < -0.3 is 15.3 Å². The maximum Gasteiger partial charge on any atom is 0.335 e. The number of amides is 1. The van der Waals surface area contributed by atoms with Gasteiger partial charge in [0.15, 0.2) is 9.84 Å². The van der Waals surface area contributed by atoms with Gasteiger partial charge in [0.25, 0.3) is 0 Å². The first-order chi connectivity index (χ1) is 24.4. The van der Waals surface area contributed by atoms with Crippen molar-refractivity contribution in [2.75, 3.05) is 37.7 Å². The van der Waals surface area contributed by atoms with Crippen LogP contribution in [0.4, 0.5) is 0 Å². The van der Waals surface area contributed by atoms with Gasteiger partial charge in [0.2, 0.25) is 5.91 Å². The van der Waals surface area contributed by atoms with Gasteiger partial charge in [-0.25, -0.2) is 13.2 Å². The summed E-state index contributed by atoms with van der Waals surface area (Å²) in [6, 6.07) is 7.51. The molecule has 52 heavy (non-hydrogen) atoms. The molecule has 1 aromatic rings. The van der Waals surface area contributed by atoms with E-state index in [0.29, 0.717) is 54.8 Å². The van der Waals surface area contributed by atoms with Gasteiger partial charge in [-0.1, -0.05) is 65.0 Å². The van der Waals surface area contributed by atoms with Crippen molar-refractivity contribution in [3.05, 3.63) is 53.6 Å². The maximum absolute atomic E-state index is 14.5. The monoisotopic (exact) mass is 732 g/mol. The highest BCUT2D eigenvalue weighted by atomic mass is 32.2. The van der Waals surface area contributed by atoms with Gasteiger partial charge in [0, 0.05) is 19.6 Å². The van der Waals surface area contributed by atoms with Crippen molar-refractivity contribution in [2.24, 2.45) is 56.7 Å². The summed E-state index contributed by atoms with van der Waals surface area (Å²) in [4.78, 5) is 28.3. The van der Waals surface area contributed by atoms with Gasteiger partial charge in [-0.15, -0.1) is 0 Å². The Morgan fingerprint density at radius 3 is 2.25 bits per heavy atom. The first-order valence-corrected chi connectivity index (χ1v) is 22.1. The van der Waals surface area contributed by atoms with E-state index in [1.165, 1.54) is 36.8 Å². The Morgan fingerprint density at radius 1 is 0.904 bits per heavy atom. The molecule has 5 aliphatic carbocycles. The third kappa shape index (κ3) is 5.78. The maximum atomic E-state index is 14.5. The first kappa shape index (κ1) is 37.8. The molecule has 4 saturated carbocycles. The van der Waals surface area contributed by atoms with E-state index < -0.39 is 15.8 Å². The molecule has 7 nitrogen and oxygen atoms in total.